The topological polar surface area (TPSA) is 109 Å². The standard InChI is InChI=1S/C29H18Cl2F3N3O5S2/c30-18-9-6-15(11-19(18)31)35-20(38)12-42-17-7-4-13(5-8-17)21-22-24(43-25-23(21)44-28(41)36-25)27(40)37(26(22)39)16-3-1-2-14(10-16)29(32,33)34/h1-11,21-22,24H,12H2,(H,35,38)(H,36,41)/t21-,22?,24?/m1/s1. The molecule has 2 unspecified atom stereocenters. The van der Waals surface area contributed by atoms with Gasteiger partial charge in [0, 0.05) is 16.5 Å². The fourth-order valence-corrected chi connectivity index (χ4v) is 7.96. The van der Waals surface area contributed by atoms with Gasteiger partial charge in [-0.15, -0.1) is 0 Å². The number of fused-ring (bicyclic) bond motifs is 2. The van der Waals surface area contributed by atoms with Crippen molar-refractivity contribution >= 4 is 75.4 Å². The monoisotopic (exact) mass is 679 g/mol. The summed E-state index contributed by atoms with van der Waals surface area (Å²) in [5, 5.41) is 2.72. The van der Waals surface area contributed by atoms with Crippen LogP contribution < -0.4 is 19.8 Å². The molecule has 1 aromatic heterocycles. The lowest BCUT2D eigenvalue weighted by Gasteiger charge is -2.29. The number of ether oxygens (including phenoxy) is 1. The second-order valence-electron chi connectivity index (χ2n) is 9.84. The Labute approximate surface area is 265 Å². The van der Waals surface area contributed by atoms with Gasteiger partial charge in [0.2, 0.25) is 11.8 Å². The first-order chi connectivity index (χ1) is 20.9. The number of imide groups is 1. The number of carbonyl (C=O) groups excluding carboxylic acids is 3. The zero-order valence-electron chi connectivity index (χ0n) is 22.0. The van der Waals surface area contributed by atoms with E-state index in [1.807, 2.05) is 0 Å². The minimum atomic E-state index is -4.66. The zero-order chi connectivity index (χ0) is 31.3. The quantitative estimate of drug-likeness (QED) is 0.223. The number of anilines is 2. The van der Waals surface area contributed by atoms with Crippen molar-refractivity contribution in [3.05, 3.63) is 102 Å². The average Bonchev–Trinajstić information content (AvgIpc) is 3.47. The molecule has 0 bridgehead atoms. The van der Waals surface area contributed by atoms with Crippen molar-refractivity contribution in [3.8, 4) is 5.75 Å². The first kappa shape index (κ1) is 30.3. The fraction of sp³-hybridized carbons (Fsp3) is 0.172. The van der Waals surface area contributed by atoms with Gasteiger partial charge < -0.3 is 15.0 Å². The summed E-state index contributed by atoms with van der Waals surface area (Å²) < 4.78 is 45.8. The van der Waals surface area contributed by atoms with Gasteiger partial charge in [-0.1, -0.05) is 64.5 Å². The maximum absolute atomic E-state index is 13.8. The number of benzene rings is 3. The number of aromatic amines is 1. The van der Waals surface area contributed by atoms with E-state index in [-0.39, 0.29) is 22.2 Å². The van der Waals surface area contributed by atoms with Crippen LogP contribution in [0.5, 0.6) is 5.75 Å². The summed E-state index contributed by atoms with van der Waals surface area (Å²) >= 11 is 13.8. The summed E-state index contributed by atoms with van der Waals surface area (Å²) in [4.78, 5) is 55.7. The summed E-state index contributed by atoms with van der Waals surface area (Å²) in [6.07, 6.45) is -4.66. The lowest BCUT2D eigenvalue weighted by atomic mass is 9.83. The summed E-state index contributed by atoms with van der Waals surface area (Å²) in [7, 11) is 0. The van der Waals surface area contributed by atoms with Gasteiger partial charge in [0.25, 0.3) is 5.91 Å². The number of hydrogen-bond acceptors (Lipinski definition) is 7. The van der Waals surface area contributed by atoms with E-state index in [4.69, 9.17) is 27.9 Å². The highest BCUT2D eigenvalue weighted by Crippen LogP contribution is 2.53. The van der Waals surface area contributed by atoms with E-state index < -0.39 is 46.5 Å². The Kier molecular flexibility index (Phi) is 7.99. The molecule has 15 heteroatoms. The van der Waals surface area contributed by atoms with Crippen LogP contribution in [0.1, 0.15) is 21.9 Å². The highest BCUT2D eigenvalue weighted by molar-refractivity contribution is 8.00. The van der Waals surface area contributed by atoms with Crippen molar-refractivity contribution < 1.29 is 32.3 Å². The van der Waals surface area contributed by atoms with Crippen LogP contribution in [-0.2, 0) is 20.6 Å². The number of halogens is 5. The molecule has 0 radical (unpaired) electrons. The molecule has 3 heterocycles. The Morgan fingerprint density at radius 1 is 0.977 bits per heavy atom. The third-order valence-electron chi connectivity index (χ3n) is 7.07. The van der Waals surface area contributed by atoms with Crippen LogP contribution in [0.3, 0.4) is 0 Å². The summed E-state index contributed by atoms with van der Waals surface area (Å²) in [5.74, 6) is -3.17. The third-order valence-corrected chi connectivity index (χ3v) is 10.2. The number of H-pyrrole nitrogens is 1. The fourth-order valence-electron chi connectivity index (χ4n) is 5.14. The van der Waals surface area contributed by atoms with Gasteiger partial charge in [-0.2, -0.15) is 13.2 Å². The largest absolute Gasteiger partial charge is 0.484 e. The number of thioether (sulfide) groups is 1. The lowest BCUT2D eigenvalue weighted by Crippen LogP contribution is -2.32. The van der Waals surface area contributed by atoms with Gasteiger partial charge in [0.1, 0.15) is 11.0 Å². The number of nitrogens with zero attached hydrogens (tertiary/aromatic N) is 1. The number of thiazole rings is 1. The van der Waals surface area contributed by atoms with Crippen molar-refractivity contribution in [2.24, 2.45) is 5.92 Å². The third kappa shape index (κ3) is 5.72. The first-order valence-corrected chi connectivity index (χ1v) is 15.3. The zero-order valence-corrected chi connectivity index (χ0v) is 25.1. The molecule has 3 atom stereocenters. The molecule has 8 nitrogen and oxygen atoms in total. The molecule has 6 rings (SSSR count). The maximum Gasteiger partial charge on any atom is 0.416 e. The molecular formula is C29H18Cl2F3N3O5S2. The predicted molar refractivity (Wildman–Crippen MR) is 161 cm³/mol. The molecule has 2 aliphatic rings. The molecule has 3 aromatic carbocycles. The van der Waals surface area contributed by atoms with E-state index in [0.717, 1.165) is 46.2 Å². The Morgan fingerprint density at radius 2 is 1.73 bits per heavy atom. The molecule has 0 saturated carbocycles. The van der Waals surface area contributed by atoms with Crippen LogP contribution in [-0.4, -0.2) is 34.6 Å². The number of carbonyl (C=O) groups is 3. The number of aromatic nitrogens is 1. The van der Waals surface area contributed by atoms with Crippen LogP contribution in [0.15, 0.2) is 76.6 Å². The van der Waals surface area contributed by atoms with Crippen LogP contribution in [0.4, 0.5) is 24.5 Å². The molecule has 1 fully saturated rings. The van der Waals surface area contributed by atoms with E-state index in [9.17, 15) is 32.3 Å². The normalized spacial score (nSPS) is 19.5. The smallest absolute Gasteiger partial charge is 0.416 e. The highest BCUT2D eigenvalue weighted by atomic mass is 35.5. The van der Waals surface area contributed by atoms with Crippen molar-refractivity contribution in [1.29, 1.82) is 0 Å². The van der Waals surface area contributed by atoms with Crippen molar-refractivity contribution in [3.63, 3.8) is 0 Å². The number of hydrogen-bond donors (Lipinski definition) is 2. The molecule has 4 aromatic rings. The molecule has 2 aliphatic heterocycles. The first-order valence-electron chi connectivity index (χ1n) is 12.8. The number of alkyl halides is 3. The molecule has 3 amide bonds. The minimum Gasteiger partial charge on any atom is -0.484 e. The van der Waals surface area contributed by atoms with Crippen molar-refractivity contribution in [1.82, 2.24) is 4.98 Å². The Bertz CT molecular complexity index is 1860. The molecular weight excluding hydrogens is 662 g/mol. The minimum absolute atomic E-state index is 0.177. The Balaban J connectivity index is 1.24. The van der Waals surface area contributed by atoms with Crippen LogP contribution in [0, 0.1) is 5.92 Å². The molecule has 1 saturated heterocycles. The van der Waals surface area contributed by atoms with Crippen LogP contribution in [0.25, 0.3) is 0 Å². The van der Waals surface area contributed by atoms with E-state index in [1.165, 1.54) is 12.1 Å². The Hall–Kier alpha value is -3.78. The SMILES string of the molecule is O=C(COc1ccc([C@H]2c3sc(=O)[nH]c3SC3C(=O)N(c4cccc(C(F)(F)F)c4)C(=O)C32)cc1)Nc1ccc(Cl)c(Cl)c1. The van der Waals surface area contributed by atoms with Gasteiger partial charge in [-0.3, -0.25) is 19.2 Å². The van der Waals surface area contributed by atoms with Crippen LogP contribution in [0.2, 0.25) is 10.0 Å². The summed E-state index contributed by atoms with van der Waals surface area (Å²) in [6, 6.07) is 15.2. The number of rotatable bonds is 6. The van der Waals surface area contributed by atoms with E-state index in [2.05, 4.69) is 10.3 Å². The molecule has 0 spiro atoms. The number of nitrogens with one attached hydrogen (secondary N) is 2. The molecule has 2 N–H and O–H groups in total. The van der Waals surface area contributed by atoms with Crippen LogP contribution >= 0.6 is 46.3 Å². The van der Waals surface area contributed by atoms with Gasteiger partial charge >= 0.3 is 11.0 Å². The average molecular weight is 681 g/mol. The van der Waals surface area contributed by atoms with Gasteiger partial charge in [-0.25, -0.2) is 4.90 Å². The van der Waals surface area contributed by atoms with E-state index >= 15 is 0 Å². The molecule has 0 aliphatic carbocycles. The van der Waals surface area contributed by atoms with Gasteiger partial charge in [-0.05, 0) is 54.1 Å². The maximum atomic E-state index is 13.8. The molecule has 226 valence electrons. The second-order valence-corrected chi connectivity index (χ2v) is 12.8. The molecule has 44 heavy (non-hydrogen) atoms. The second kappa shape index (κ2) is 11.6. The lowest BCUT2D eigenvalue weighted by molar-refractivity contribution is -0.137. The van der Waals surface area contributed by atoms with Crippen molar-refractivity contribution in [2.45, 2.75) is 22.4 Å². The van der Waals surface area contributed by atoms with Gasteiger partial charge in [0.15, 0.2) is 6.61 Å². The summed E-state index contributed by atoms with van der Waals surface area (Å²) in [5.41, 5.74) is -0.150. The highest BCUT2D eigenvalue weighted by Gasteiger charge is 2.56. The Morgan fingerprint density at radius 3 is 2.43 bits per heavy atom. The number of amides is 3. The van der Waals surface area contributed by atoms with Crippen molar-refractivity contribution in [2.75, 3.05) is 16.8 Å². The van der Waals surface area contributed by atoms with E-state index in [0.29, 0.717) is 31.9 Å². The van der Waals surface area contributed by atoms with E-state index in [1.54, 1.807) is 36.4 Å². The summed E-state index contributed by atoms with van der Waals surface area (Å²) in [6.45, 7) is -0.327. The predicted octanol–water partition coefficient (Wildman–Crippen LogP) is 6.58. The van der Waals surface area contributed by atoms with Gasteiger partial charge in [0.05, 0.1) is 32.2 Å².